The maximum Gasteiger partial charge on any atom is 0.416 e. The Bertz CT molecular complexity index is 1410. The van der Waals surface area contributed by atoms with Gasteiger partial charge in [-0.2, -0.15) is 31.1 Å². The first-order chi connectivity index (χ1) is 19.7. The minimum Gasteiger partial charge on any atom is -0.449 e. The Hall–Kier alpha value is -3.91. The van der Waals surface area contributed by atoms with Crippen molar-refractivity contribution in [1.82, 2.24) is 25.2 Å². The molecule has 9 nitrogen and oxygen atoms in total. The third-order valence-corrected chi connectivity index (χ3v) is 7.08. The van der Waals surface area contributed by atoms with Gasteiger partial charge in [-0.25, -0.2) is 4.79 Å². The maximum atomic E-state index is 13.7. The van der Waals surface area contributed by atoms with E-state index < -0.39 is 48.2 Å². The number of pyridine rings is 1. The van der Waals surface area contributed by atoms with Gasteiger partial charge in [0.1, 0.15) is 0 Å². The van der Waals surface area contributed by atoms with E-state index in [0.717, 1.165) is 0 Å². The van der Waals surface area contributed by atoms with Crippen molar-refractivity contribution >= 4 is 17.7 Å². The summed E-state index contributed by atoms with van der Waals surface area (Å²) in [6, 6.07) is 2.14. The zero-order valence-electron chi connectivity index (χ0n) is 23.7. The van der Waals surface area contributed by atoms with Crippen LogP contribution in [-0.2, 0) is 30.2 Å². The molecule has 1 amide bonds. The van der Waals surface area contributed by atoms with E-state index >= 15 is 0 Å². The van der Waals surface area contributed by atoms with Crippen LogP contribution in [0.5, 0.6) is 0 Å². The summed E-state index contributed by atoms with van der Waals surface area (Å²) in [5, 5.41) is 12.4. The summed E-state index contributed by atoms with van der Waals surface area (Å²) in [5.74, 6) is 0.0188. The van der Waals surface area contributed by atoms with Gasteiger partial charge in [0, 0.05) is 23.8 Å². The van der Waals surface area contributed by atoms with Crippen LogP contribution in [0, 0.1) is 13.8 Å². The molecule has 1 aromatic carbocycles. The molecule has 0 aliphatic carbocycles. The molecule has 42 heavy (non-hydrogen) atoms. The maximum absolute atomic E-state index is 13.7. The van der Waals surface area contributed by atoms with Crippen LogP contribution in [0.15, 0.2) is 24.3 Å². The predicted molar refractivity (Wildman–Crippen MR) is 141 cm³/mol. The fourth-order valence-corrected chi connectivity index (χ4v) is 5.28. The summed E-state index contributed by atoms with van der Waals surface area (Å²) in [5.41, 5.74) is -0.892. The summed E-state index contributed by atoms with van der Waals surface area (Å²) in [7, 11) is 0. The van der Waals surface area contributed by atoms with Crippen LogP contribution in [-0.4, -0.2) is 43.9 Å². The Labute approximate surface area is 238 Å². The van der Waals surface area contributed by atoms with E-state index in [1.165, 1.54) is 14.6 Å². The summed E-state index contributed by atoms with van der Waals surface area (Å²) in [6.07, 6.45) is -9.85. The zero-order chi connectivity index (χ0) is 31.0. The molecule has 1 aliphatic heterocycles. The van der Waals surface area contributed by atoms with Crippen LogP contribution in [0.3, 0.4) is 0 Å². The van der Waals surface area contributed by atoms with Crippen molar-refractivity contribution in [3.63, 3.8) is 0 Å². The molecule has 228 valence electrons. The number of halogens is 6. The number of nitrogens with zero attached hydrogens (tertiary/aromatic N) is 7. The number of aryl methyl sites for hydroxylation is 3. The van der Waals surface area contributed by atoms with Gasteiger partial charge >= 0.3 is 18.4 Å². The second kappa shape index (κ2) is 11.8. The highest BCUT2D eigenvalue weighted by Gasteiger charge is 2.42. The van der Waals surface area contributed by atoms with Crippen molar-refractivity contribution < 1.29 is 35.9 Å². The summed E-state index contributed by atoms with van der Waals surface area (Å²) in [4.78, 5) is 22.0. The average Bonchev–Trinajstić information content (AvgIpc) is 3.39. The molecule has 0 spiro atoms. The molecule has 2 aromatic heterocycles. The van der Waals surface area contributed by atoms with E-state index in [1.807, 2.05) is 6.92 Å². The lowest BCUT2D eigenvalue weighted by Crippen LogP contribution is -2.48. The monoisotopic (exact) mass is 599 g/mol. The third kappa shape index (κ3) is 6.28. The van der Waals surface area contributed by atoms with Gasteiger partial charge in [0.2, 0.25) is 0 Å². The van der Waals surface area contributed by atoms with E-state index in [1.54, 1.807) is 33.8 Å². The zero-order valence-corrected chi connectivity index (χ0v) is 23.7. The number of hydrogen-bond acceptors (Lipinski definition) is 7. The van der Waals surface area contributed by atoms with E-state index in [4.69, 9.17) is 4.74 Å². The Morgan fingerprint density at radius 2 is 1.67 bits per heavy atom. The minimum absolute atomic E-state index is 0.0188. The van der Waals surface area contributed by atoms with Gasteiger partial charge < -0.3 is 9.64 Å². The number of anilines is 2. The number of hydrogen-bond donors (Lipinski definition) is 0. The van der Waals surface area contributed by atoms with E-state index in [2.05, 4.69) is 20.4 Å². The molecule has 0 N–H and O–H groups in total. The second-order valence-electron chi connectivity index (χ2n) is 9.99. The van der Waals surface area contributed by atoms with Crippen LogP contribution in [0.4, 0.5) is 42.8 Å². The highest BCUT2D eigenvalue weighted by Crippen LogP contribution is 2.45. The molecule has 2 atom stereocenters. The molecular formula is C27H31F6N7O2. The van der Waals surface area contributed by atoms with Crippen LogP contribution in [0.2, 0.25) is 0 Å². The van der Waals surface area contributed by atoms with Crippen LogP contribution in [0.25, 0.3) is 0 Å². The molecule has 0 fully saturated rings. The highest BCUT2D eigenvalue weighted by atomic mass is 19.4. The number of aromatic nitrogens is 5. The number of carbonyl (C=O) groups is 1. The van der Waals surface area contributed by atoms with E-state index in [-0.39, 0.29) is 30.6 Å². The number of fused-ring (bicyclic) bond motifs is 1. The number of rotatable bonds is 7. The lowest BCUT2D eigenvalue weighted by Gasteiger charge is -2.44. The van der Waals surface area contributed by atoms with Gasteiger partial charge in [-0.15, -0.1) is 5.10 Å². The first-order valence-electron chi connectivity index (χ1n) is 13.4. The van der Waals surface area contributed by atoms with E-state index in [9.17, 15) is 31.1 Å². The van der Waals surface area contributed by atoms with Crippen molar-refractivity contribution in [2.75, 3.05) is 16.4 Å². The second-order valence-corrected chi connectivity index (χ2v) is 9.99. The number of alkyl halides is 6. The predicted octanol–water partition coefficient (Wildman–Crippen LogP) is 6.64. The Balaban J connectivity index is 1.92. The lowest BCUT2D eigenvalue weighted by atomic mass is 9.88. The Morgan fingerprint density at radius 3 is 2.19 bits per heavy atom. The van der Waals surface area contributed by atoms with Crippen molar-refractivity contribution in [2.24, 2.45) is 0 Å². The molecule has 15 heteroatoms. The van der Waals surface area contributed by atoms with Crippen LogP contribution in [0.1, 0.15) is 73.3 Å². The Morgan fingerprint density at radius 1 is 1.02 bits per heavy atom. The molecule has 0 saturated heterocycles. The van der Waals surface area contributed by atoms with Crippen LogP contribution < -0.4 is 9.80 Å². The largest absolute Gasteiger partial charge is 0.449 e. The molecule has 1 aliphatic rings. The number of carbonyl (C=O) groups excluding carboxylic acids is 1. The van der Waals surface area contributed by atoms with Gasteiger partial charge in [-0.3, -0.25) is 9.88 Å². The van der Waals surface area contributed by atoms with Crippen LogP contribution >= 0.6 is 0 Å². The van der Waals surface area contributed by atoms with Crippen molar-refractivity contribution in [3.8, 4) is 0 Å². The average molecular weight is 600 g/mol. The van der Waals surface area contributed by atoms with Crippen molar-refractivity contribution in [2.45, 2.75) is 85.0 Å². The standard InChI is InChI=1S/C27H31F6N7O2/c1-6-20-13-22(21-9-15(4)34-16(5)23(21)40(20)25(41)42-8-3)38(24-35-37-39(7-2)36-24)14-17-10-18(26(28,29)30)12-19(11-17)27(31,32)33/h9-12,20,22H,6-8,13-14H2,1-5H3. The fraction of sp³-hybridized carbons (Fsp3) is 0.519. The summed E-state index contributed by atoms with van der Waals surface area (Å²) < 4.78 is 87.5. The number of ether oxygens (including phenoxy) is 1. The molecule has 4 rings (SSSR count). The summed E-state index contributed by atoms with van der Waals surface area (Å²) >= 11 is 0. The van der Waals surface area contributed by atoms with E-state index in [0.29, 0.717) is 47.7 Å². The van der Waals surface area contributed by atoms with Crippen molar-refractivity contribution in [3.05, 3.63) is 57.9 Å². The number of benzene rings is 1. The molecule has 0 radical (unpaired) electrons. The molecular weight excluding hydrogens is 568 g/mol. The molecule has 0 bridgehead atoms. The fourth-order valence-electron chi connectivity index (χ4n) is 5.28. The molecule has 0 saturated carbocycles. The highest BCUT2D eigenvalue weighted by molar-refractivity contribution is 5.91. The third-order valence-electron chi connectivity index (χ3n) is 7.08. The number of tetrazole rings is 1. The Kier molecular flexibility index (Phi) is 8.69. The number of amides is 1. The molecule has 3 heterocycles. The van der Waals surface area contributed by atoms with Gasteiger partial charge in [-0.05, 0) is 75.6 Å². The summed E-state index contributed by atoms with van der Waals surface area (Å²) in [6.45, 7) is 8.86. The molecule has 3 aromatic rings. The quantitative estimate of drug-likeness (QED) is 0.282. The topological polar surface area (TPSA) is 89.3 Å². The van der Waals surface area contributed by atoms with Gasteiger partial charge in [0.25, 0.3) is 5.95 Å². The van der Waals surface area contributed by atoms with Crippen molar-refractivity contribution in [1.29, 1.82) is 0 Å². The van der Waals surface area contributed by atoms with Gasteiger partial charge in [-0.1, -0.05) is 12.0 Å². The first-order valence-corrected chi connectivity index (χ1v) is 13.4. The van der Waals surface area contributed by atoms with Gasteiger partial charge in [0.15, 0.2) is 0 Å². The normalized spacial score (nSPS) is 17.3. The first kappa shape index (κ1) is 31.0. The smallest absolute Gasteiger partial charge is 0.416 e. The van der Waals surface area contributed by atoms with Gasteiger partial charge in [0.05, 0.1) is 41.7 Å². The minimum atomic E-state index is -5.00. The molecule has 2 unspecified atom stereocenters. The lowest BCUT2D eigenvalue weighted by molar-refractivity contribution is -0.143. The SMILES string of the molecule is CCOC(=O)N1c2c(cc(C)nc2C)C(N(Cc2cc(C(F)(F)F)cc(C(F)(F)F)c2)c2nnn(CC)n2)CC1CC.